The van der Waals surface area contributed by atoms with Crippen LogP contribution in [0.1, 0.15) is 33.1 Å². The first-order chi connectivity index (χ1) is 16.0. The van der Waals surface area contributed by atoms with Gasteiger partial charge in [0.1, 0.15) is 23.7 Å². The number of furan rings is 1. The Balaban J connectivity index is 1.34. The van der Waals surface area contributed by atoms with E-state index in [4.69, 9.17) is 9.15 Å². The number of carbonyl (C=O) groups excluding carboxylic acids is 1. The lowest BCUT2D eigenvalue weighted by Gasteiger charge is -2.16. The second-order valence-corrected chi connectivity index (χ2v) is 8.75. The van der Waals surface area contributed by atoms with E-state index in [9.17, 15) is 9.90 Å². The molecule has 2 aromatic carbocycles. The van der Waals surface area contributed by atoms with Gasteiger partial charge in [0, 0.05) is 30.1 Å². The lowest BCUT2D eigenvalue weighted by Crippen LogP contribution is -2.30. The summed E-state index contributed by atoms with van der Waals surface area (Å²) in [6, 6.07) is 17.5. The van der Waals surface area contributed by atoms with Gasteiger partial charge in [0.2, 0.25) is 0 Å². The van der Waals surface area contributed by atoms with Gasteiger partial charge >= 0.3 is 0 Å². The Morgan fingerprint density at radius 2 is 2.00 bits per heavy atom. The first-order valence-electron chi connectivity index (χ1n) is 11.2. The number of aryl methyl sites for hydroxylation is 2. The van der Waals surface area contributed by atoms with Gasteiger partial charge in [0.05, 0.1) is 17.4 Å². The minimum atomic E-state index is -0.589. The Hall–Kier alpha value is -3.58. The molecule has 0 unspecified atom stereocenters. The van der Waals surface area contributed by atoms with E-state index in [2.05, 4.69) is 10.2 Å². The molecule has 2 atom stereocenters. The molecule has 5 rings (SSSR count). The summed E-state index contributed by atoms with van der Waals surface area (Å²) in [6.45, 7) is 4.96. The molecule has 7 heteroatoms. The second-order valence-electron chi connectivity index (χ2n) is 8.75. The van der Waals surface area contributed by atoms with E-state index in [1.807, 2.05) is 61.5 Å². The van der Waals surface area contributed by atoms with Crippen LogP contribution in [0.3, 0.4) is 0 Å². The van der Waals surface area contributed by atoms with Crippen molar-refractivity contribution in [2.24, 2.45) is 5.92 Å². The summed E-state index contributed by atoms with van der Waals surface area (Å²) in [4.78, 5) is 15.2. The number of aromatic amines is 1. The number of carbonyl (C=O) groups is 1. The Morgan fingerprint density at radius 3 is 2.76 bits per heavy atom. The highest BCUT2D eigenvalue weighted by Gasteiger charge is 2.36. The van der Waals surface area contributed by atoms with Crippen molar-refractivity contribution < 1.29 is 19.1 Å². The number of aromatic nitrogens is 2. The van der Waals surface area contributed by atoms with Crippen molar-refractivity contribution in [3.8, 4) is 5.75 Å². The van der Waals surface area contributed by atoms with Crippen molar-refractivity contribution in [2.45, 2.75) is 33.0 Å². The minimum absolute atomic E-state index is 0.0557. The predicted molar refractivity (Wildman–Crippen MR) is 124 cm³/mol. The molecule has 1 amide bonds. The van der Waals surface area contributed by atoms with Crippen LogP contribution >= 0.6 is 0 Å². The molecule has 0 saturated carbocycles. The van der Waals surface area contributed by atoms with Gasteiger partial charge < -0.3 is 19.2 Å². The summed E-state index contributed by atoms with van der Waals surface area (Å²) in [5, 5.41) is 18.5. The fourth-order valence-corrected chi connectivity index (χ4v) is 4.52. The zero-order valence-electron chi connectivity index (χ0n) is 18.7. The van der Waals surface area contributed by atoms with Gasteiger partial charge in [-0.3, -0.25) is 9.89 Å². The van der Waals surface area contributed by atoms with Crippen LogP contribution in [-0.2, 0) is 13.0 Å². The molecule has 7 nitrogen and oxygen atoms in total. The van der Waals surface area contributed by atoms with Gasteiger partial charge in [-0.05, 0) is 50.1 Å². The Kier molecular flexibility index (Phi) is 5.64. The third-order valence-electron chi connectivity index (χ3n) is 6.22. The zero-order chi connectivity index (χ0) is 22.9. The highest BCUT2D eigenvalue weighted by molar-refractivity contribution is 6.07. The first kappa shape index (κ1) is 21.3. The van der Waals surface area contributed by atoms with Gasteiger partial charge in [-0.1, -0.05) is 30.3 Å². The monoisotopic (exact) mass is 445 g/mol. The van der Waals surface area contributed by atoms with Crippen LogP contribution in [0.25, 0.3) is 11.0 Å². The molecule has 0 aliphatic carbocycles. The normalized spacial score (nSPS) is 18.2. The molecular weight excluding hydrogens is 418 g/mol. The average Bonchev–Trinajstić information content (AvgIpc) is 3.49. The van der Waals surface area contributed by atoms with Crippen LogP contribution in [0.4, 0.5) is 0 Å². The van der Waals surface area contributed by atoms with Crippen LogP contribution in [0.15, 0.2) is 59.0 Å². The summed E-state index contributed by atoms with van der Waals surface area (Å²) < 4.78 is 11.8. The summed E-state index contributed by atoms with van der Waals surface area (Å²) >= 11 is 0. The number of benzene rings is 2. The Labute approximate surface area is 192 Å². The minimum Gasteiger partial charge on any atom is -0.489 e. The number of ether oxygens (including phenoxy) is 1. The van der Waals surface area contributed by atoms with E-state index in [1.54, 1.807) is 11.8 Å². The third kappa shape index (κ3) is 4.36. The van der Waals surface area contributed by atoms with Crippen molar-refractivity contribution in [1.29, 1.82) is 0 Å². The van der Waals surface area contributed by atoms with Gasteiger partial charge in [-0.25, -0.2) is 0 Å². The lowest BCUT2D eigenvalue weighted by molar-refractivity contribution is 0.0764. The molecule has 3 heterocycles. The van der Waals surface area contributed by atoms with Gasteiger partial charge in [-0.15, -0.1) is 0 Å². The van der Waals surface area contributed by atoms with Crippen molar-refractivity contribution >= 4 is 16.9 Å². The molecule has 1 saturated heterocycles. The lowest BCUT2D eigenvalue weighted by atomic mass is 10.00. The largest absolute Gasteiger partial charge is 0.489 e. The summed E-state index contributed by atoms with van der Waals surface area (Å²) in [7, 11) is 0. The van der Waals surface area contributed by atoms with Crippen molar-refractivity contribution in [3.63, 3.8) is 0 Å². The van der Waals surface area contributed by atoms with Crippen molar-refractivity contribution in [2.75, 3.05) is 13.1 Å². The fourth-order valence-electron chi connectivity index (χ4n) is 4.52. The molecule has 0 radical (unpaired) electrons. The standard InChI is InChI=1S/C26H27N3O4/c1-16-10-20(28-27-16)11-19-13-29(14-23(19)30)26(31)25-17(2)33-24-9-8-21(12-22(24)25)32-15-18-6-4-3-5-7-18/h3-10,12,19,23,30H,11,13-15H2,1-2H3,(H,27,28)/t19-,23+/m1/s1. The van der Waals surface area contributed by atoms with E-state index >= 15 is 0 Å². The highest BCUT2D eigenvalue weighted by atomic mass is 16.5. The molecule has 170 valence electrons. The molecule has 0 bridgehead atoms. The van der Waals surface area contributed by atoms with Crippen LogP contribution in [-0.4, -0.2) is 45.3 Å². The maximum Gasteiger partial charge on any atom is 0.258 e. The summed E-state index contributed by atoms with van der Waals surface area (Å²) in [5.74, 6) is 1.05. The maximum absolute atomic E-state index is 13.5. The highest BCUT2D eigenvalue weighted by Crippen LogP contribution is 2.32. The number of H-pyrrole nitrogens is 1. The van der Waals surface area contributed by atoms with E-state index in [0.29, 0.717) is 48.8 Å². The molecule has 1 aliphatic heterocycles. The molecule has 1 fully saturated rings. The summed E-state index contributed by atoms with van der Waals surface area (Å²) in [5.41, 5.74) is 4.12. The van der Waals surface area contributed by atoms with E-state index < -0.39 is 6.10 Å². The fraction of sp³-hybridized carbons (Fsp3) is 0.308. The number of likely N-dealkylation sites (tertiary alicyclic amines) is 1. The molecule has 2 N–H and O–H groups in total. The first-order valence-corrected chi connectivity index (χ1v) is 11.2. The zero-order valence-corrected chi connectivity index (χ0v) is 18.7. The number of β-amino-alcohol motifs (C(OH)–C–C–N with tert-alkyl or cyclic N) is 1. The SMILES string of the molecule is Cc1cc(C[C@@H]2CN(C(=O)c3c(C)oc4ccc(OCc5ccccc5)cc34)C[C@@H]2O)n[nH]1. The molecule has 1 aliphatic rings. The predicted octanol–water partition coefficient (Wildman–Crippen LogP) is 4.03. The number of hydrogen-bond donors (Lipinski definition) is 2. The van der Waals surface area contributed by atoms with Crippen LogP contribution in [0.5, 0.6) is 5.75 Å². The van der Waals surface area contributed by atoms with Gasteiger partial charge in [-0.2, -0.15) is 5.10 Å². The molecule has 2 aromatic heterocycles. The number of aliphatic hydroxyl groups excluding tert-OH is 1. The van der Waals surface area contributed by atoms with Crippen LogP contribution in [0.2, 0.25) is 0 Å². The van der Waals surface area contributed by atoms with Crippen molar-refractivity contribution in [3.05, 3.63) is 82.9 Å². The van der Waals surface area contributed by atoms with E-state index in [0.717, 1.165) is 22.3 Å². The molecular formula is C26H27N3O4. The maximum atomic E-state index is 13.5. The van der Waals surface area contributed by atoms with Gasteiger partial charge in [0.15, 0.2) is 0 Å². The summed E-state index contributed by atoms with van der Waals surface area (Å²) in [6.07, 6.45) is 0.0342. The molecule has 33 heavy (non-hydrogen) atoms. The molecule has 0 spiro atoms. The third-order valence-corrected chi connectivity index (χ3v) is 6.22. The molecule has 4 aromatic rings. The van der Waals surface area contributed by atoms with E-state index in [1.165, 1.54) is 0 Å². The number of nitrogens with zero attached hydrogens (tertiary/aromatic N) is 2. The quantitative estimate of drug-likeness (QED) is 0.468. The number of hydrogen-bond acceptors (Lipinski definition) is 5. The Bertz CT molecular complexity index is 1280. The smallest absolute Gasteiger partial charge is 0.258 e. The van der Waals surface area contributed by atoms with E-state index in [-0.39, 0.29) is 11.8 Å². The Morgan fingerprint density at radius 1 is 1.18 bits per heavy atom. The van der Waals surface area contributed by atoms with Crippen molar-refractivity contribution in [1.82, 2.24) is 15.1 Å². The van der Waals surface area contributed by atoms with Crippen LogP contribution < -0.4 is 4.74 Å². The number of aliphatic hydroxyl groups is 1. The number of fused-ring (bicyclic) bond motifs is 1. The number of rotatable bonds is 6. The number of nitrogens with one attached hydrogen (secondary N) is 1. The number of amides is 1. The topological polar surface area (TPSA) is 91.6 Å². The second kappa shape index (κ2) is 8.75. The van der Waals surface area contributed by atoms with Gasteiger partial charge in [0.25, 0.3) is 5.91 Å². The van der Waals surface area contributed by atoms with Crippen LogP contribution in [0, 0.1) is 19.8 Å². The average molecular weight is 446 g/mol.